The number of hydrogen-bond donors (Lipinski definition) is 2. The summed E-state index contributed by atoms with van der Waals surface area (Å²) in [5.74, 6) is -0.833. The van der Waals surface area contributed by atoms with Crippen molar-refractivity contribution in [1.82, 2.24) is 15.8 Å². The van der Waals surface area contributed by atoms with Crippen molar-refractivity contribution in [2.24, 2.45) is 0 Å². The van der Waals surface area contributed by atoms with Gasteiger partial charge in [0.25, 0.3) is 0 Å². The van der Waals surface area contributed by atoms with E-state index >= 15 is 0 Å². The second kappa shape index (κ2) is 10.1. The molecule has 152 valence electrons. The zero-order valence-corrected chi connectivity index (χ0v) is 17.0. The van der Waals surface area contributed by atoms with E-state index in [1.54, 1.807) is 0 Å². The van der Waals surface area contributed by atoms with Gasteiger partial charge < -0.3 is 5.32 Å². The first-order valence-corrected chi connectivity index (χ1v) is 10.2. The van der Waals surface area contributed by atoms with E-state index in [4.69, 9.17) is 0 Å². The molecule has 7 nitrogen and oxygen atoms in total. The topological polar surface area (TPSA) is 97.4 Å². The Morgan fingerprint density at radius 2 is 1.90 bits per heavy atom. The number of fused-ring (bicyclic) bond motifs is 1. The highest BCUT2D eigenvalue weighted by Gasteiger charge is 2.18. The molecule has 2 N–H and O–H groups in total. The number of nitrogens with one attached hydrogen (secondary N) is 2. The Morgan fingerprint density at radius 3 is 2.66 bits per heavy atom. The lowest BCUT2D eigenvalue weighted by Crippen LogP contribution is -2.31. The van der Waals surface area contributed by atoms with Crippen LogP contribution in [0.4, 0.5) is 0 Å². The number of ketones is 1. The quantitative estimate of drug-likeness (QED) is 0.615. The molecular weight excluding hydrogens is 390 g/mol. The zero-order chi connectivity index (χ0) is 20.6. The van der Waals surface area contributed by atoms with Gasteiger partial charge in [0.1, 0.15) is 5.01 Å². The summed E-state index contributed by atoms with van der Waals surface area (Å²) >= 11 is 1.52. The molecule has 2 aromatic rings. The molecule has 0 unspecified atom stereocenters. The normalized spacial score (nSPS) is 12.7. The predicted octanol–water partition coefficient (Wildman–Crippen LogP) is 2.32. The summed E-state index contributed by atoms with van der Waals surface area (Å²) in [6, 6.07) is 10.3. The molecule has 0 atom stereocenters. The van der Waals surface area contributed by atoms with E-state index in [0.29, 0.717) is 0 Å². The van der Waals surface area contributed by atoms with Gasteiger partial charge in [-0.2, -0.15) is 0 Å². The summed E-state index contributed by atoms with van der Waals surface area (Å²) in [4.78, 5) is 45.3. The van der Waals surface area contributed by atoms with Gasteiger partial charge in [-0.3, -0.25) is 19.2 Å². The fourth-order valence-electron chi connectivity index (χ4n) is 3.05. The van der Waals surface area contributed by atoms with E-state index in [0.717, 1.165) is 28.4 Å². The third kappa shape index (κ3) is 6.07. The molecule has 29 heavy (non-hydrogen) atoms. The Balaban J connectivity index is 1.50. The minimum absolute atomic E-state index is 0.0256. The average Bonchev–Trinajstić information content (AvgIpc) is 3.13. The van der Waals surface area contributed by atoms with Crippen LogP contribution in [0.1, 0.15) is 40.4 Å². The van der Waals surface area contributed by atoms with Gasteiger partial charge in [-0.1, -0.05) is 30.3 Å². The molecule has 0 saturated heterocycles. The molecule has 1 aliphatic carbocycles. The number of Topliss-reactive ketones (excluding diaryl/α,β-unsaturated/α-hetero) is 1. The minimum Gasteiger partial charge on any atom is -0.349 e. The highest BCUT2D eigenvalue weighted by atomic mass is 32.1. The molecule has 1 aromatic carbocycles. The first-order chi connectivity index (χ1) is 14.0. The summed E-state index contributed by atoms with van der Waals surface area (Å²) in [7, 11) is 1.33. The van der Waals surface area contributed by atoms with Crippen LogP contribution in [0.3, 0.4) is 0 Å². The Bertz CT molecular complexity index is 921. The molecule has 0 aliphatic heterocycles. The third-order valence-corrected chi connectivity index (χ3v) is 5.54. The van der Waals surface area contributed by atoms with Crippen LogP contribution in [0.15, 0.2) is 30.3 Å². The molecular formula is C21H23N3O4S. The van der Waals surface area contributed by atoms with E-state index < -0.39 is 0 Å². The van der Waals surface area contributed by atoms with Gasteiger partial charge in [0.2, 0.25) is 11.8 Å². The van der Waals surface area contributed by atoms with Crippen LogP contribution < -0.4 is 10.8 Å². The lowest BCUT2D eigenvalue weighted by atomic mass is 9.95. The second-order valence-electron chi connectivity index (χ2n) is 6.68. The highest BCUT2D eigenvalue weighted by Crippen LogP contribution is 2.33. The molecule has 0 bridgehead atoms. The van der Waals surface area contributed by atoms with Crippen molar-refractivity contribution in [3.8, 4) is 0 Å². The van der Waals surface area contributed by atoms with Crippen LogP contribution in [-0.2, 0) is 32.1 Å². The summed E-state index contributed by atoms with van der Waals surface area (Å²) < 4.78 is 0. The van der Waals surface area contributed by atoms with Crippen LogP contribution in [0, 0.1) is 0 Å². The monoisotopic (exact) mass is 413 g/mol. The van der Waals surface area contributed by atoms with Gasteiger partial charge in [-0.05, 0) is 30.1 Å². The van der Waals surface area contributed by atoms with E-state index in [9.17, 15) is 14.4 Å². The molecule has 1 aliphatic rings. The van der Waals surface area contributed by atoms with Crippen molar-refractivity contribution in [2.75, 3.05) is 13.7 Å². The number of aromatic nitrogens is 1. The zero-order valence-electron chi connectivity index (χ0n) is 16.2. The number of nitrogens with zero attached hydrogens (tertiary/aromatic N) is 1. The lowest BCUT2D eigenvalue weighted by Gasteiger charge is -2.12. The molecule has 0 fully saturated rings. The number of thiazole rings is 1. The van der Waals surface area contributed by atoms with E-state index in [2.05, 4.69) is 38.8 Å². The first kappa shape index (κ1) is 20.9. The van der Waals surface area contributed by atoms with Gasteiger partial charge in [-0.25, -0.2) is 10.5 Å². The molecule has 0 saturated carbocycles. The molecule has 1 aromatic heterocycles. The molecule has 3 rings (SSSR count). The lowest BCUT2D eigenvalue weighted by molar-refractivity contribution is -0.133. The maximum Gasteiger partial charge on any atom is 0.243 e. The van der Waals surface area contributed by atoms with Crippen LogP contribution in [0.5, 0.6) is 0 Å². The fraction of sp³-hybridized carbons (Fsp3) is 0.333. The van der Waals surface area contributed by atoms with Gasteiger partial charge >= 0.3 is 0 Å². The Kier molecular flexibility index (Phi) is 7.26. The molecule has 0 spiro atoms. The van der Waals surface area contributed by atoms with Crippen molar-refractivity contribution in [1.29, 1.82) is 0 Å². The van der Waals surface area contributed by atoms with E-state index in [1.807, 2.05) is 18.2 Å². The fourth-order valence-corrected chi connectivity index (χ4v) is 4.13. The third-order valence-electron chi connectivity index (χ3n) is 4.49. The van der Waals surface area contributed by atoms with Crippen molar-refractivity contribution in [3.63, 3.8) is 0 Å². The predicted molar refractivity (Wildman–Crippen MR) is 111 cm³/mol. The van der Waals surface area contributed by atoms with Crippen LogP contribution in [0.2, 0.25) is 0 Å². The summed E-state index contributed by atoms with van der Waals surface area (Å²) in [6.45, 7) is -0.0950. The minimum atomic E-state index is -0.372. The summed E-state index contributed by atoms with van der Waals surface area (Å²) in [6.07, 6.45) is 4.16. The van der Waals surface area contributed by atoms with Crippen molar-refractivity contribution < 1.29 is 19.2 Å². The molecule has 2 amide bonds. The highest BCUT2D eigenvalue weighted by molar-refractivity contribution is 7.12. The summed E-state index contributed by atoms with van der Waals surface area (Å²) in [5, 5.41) is 3.34. The number of hydrogen-bond acceptors (Lipinski definition) is 6. The van der Waals surface area contributed by atoms with Gasteiger partial charge in [0.05, 0.1) is 30.6 Å². The number of benzene rings is 1. The van der Waals surface area contributed by atoms with Gasteiger partial charge in [-0.15, -0.1) is 11.3 Å². The number of rotatable bonds is 9. The molecule has 1 heterocycles. The summed E-state index contributed by atoms with van der Waals surface area (Å²) in [5.41, 5.74) is 5.66. The standard InChI is InChI=1S/C21H23N3O4S/c1-28-24-19(26)10-8-16(25)13-22-20(27)12-21-23-17-9-7-15(11-18(17)29-21)14-5-3-2-4-6-14/h2-6,11H,7-10,12-13H2,1H3,(H,22,27)(H,24,26). The Hall–Kier alpha value is -2.84. The number of carbonyl (C=O) groups is 3. The van der Waals surface area contributed by atoms with E-state index in [-0.39, 0.29) is 43.4 Å². The van der Waals surface area contributed by atoms with Crippen LogP contribution >= 0.6 is 11.3 Å². The van der Waals surface area contributed by atoms with Crippen LogP contribution in [0.25, 0.3) is 11.6 Å². The second-order valence-corrected chi connectivity index (χ2v) is 7.79. The van der Waals surface area contributed by atoms with E-state index in [1.165, 1.54) is 29.6 Å². The number of carbonyl (C=O) groups excluding carboxylic acids is 3. The molecule has 8 heteroatoms. The molecule has 0 radical (unpaired) electrons. The first-order valence-electron chi connectivity index (χ1n) is 9.40. The number of hydroxylamine groups is 1. The smallest absolute Gasteiger partial charge is 0.243 e. The maximum absolute atomic E-state index is 12.1. The largest absolute Gasteiger partial charge is 0.349 e. The Morgan fingerprint density at radius 1 is 1.10 bits per heavy atom. The van der Waals surface area contributed by atoms with Crippen molar-refractivity contribution >= 4 is 40.6 Å². The van der Waals surface area contributed by atoms with Crippen molar-refractivity contribution in [2.45, 2.75) is 32.1 Å². The number of amides is 2. The van der Waals surface area contributed by atoms with Crippen molar-refractivity contribution in [3.05, 3.63) is 51.5 Å². The van der Waals surface area contributed by atoms with Gasteiger partial charge in [0.15, 0.2) is 5.78 Å². The van der Waals surface area contributed by atoms with Crippen LogP contribution in [-0.4, -0.2) is 36.2 Å². The SMILES string of the molecule is CONC(=O)CCC(=O)CNC(=O)Cc1nc2c(s1)C=C(c1ccccc1)CC2. The average molecular weight is 413 g/mol. The Labute approximate surface area is 173 Å². The van der Waals surface area contributed by atoms with Gasteiger partial charge in [0, 0.05) is 12.8 Å². The maximum atomic E-state index is 12.1. The number of aryl methyl sites for hydroxylation is 1. The number of allylic oxidation sites excluding steroid dienone is 1.